The Morgan fingerprint density at radius 2 is 1.97 bits per heavy atom. The van der Waals surface area contributed by atoms with E-state index in [0.29, 0.717) is 48.8 Å². The first-order valence-corrected chi connectivity index (χ1v) is 11.1. The summed E-state index contributed by atoms with van der Waals surface area (Å²) in [5.41, 5.74) is 10.2. The average molecular weight is 467 g/mol. The molecular weight excluding hydrogens is 444 g/mol. The molecule has 1 atom stereocenters. The number of carbonyl (C=O) groups is 1. The Kier molecular flexibility index (Phi) is 5.81. The number of nitrogens with zero attached hydrogens (tertiary/aromatic N) is 7. The number of nitrogen functional groups attached to an aromatic ring is 1. The number of benzene rings is 1. The Balaban J connectivity index is 1.35. The number of carboxylic acids is 1. The van der Waals surface area contributed by atoms with Crippen LogP contribution in [0.1, 0.15) is 17.7 Å². The van der Waals surface area contributed by atoms with E-state index < -0.39 is 5.97 Å². The van der Waals surface area contributed by atoms with Gasteiger partial charge in [-0.2, -0.15) is 5.26 Å². The fraction of sp³-hybridized carbons (Fsp3) is 0.200. The van der Waals surface area contributed by atoms with Crippen molar-refractivity contribution >= 4 is 17.6 Å². The van der Waals surface area contributed by atoms with Crippen molar-refractivity contribution in [2.75, 3.05) is 23.7 Å². The maximum atomic E-state index is 11.3. The molecule has 1 unspecified atom stereocenters. The van der Waals surface area contributed by atoms with Gasteiger partial charge < -0.3 is 15.7 Å². The number of pyridine rings is 2. The Morgan fingerprint density at radius 3 is 2.77 bits per heavy atom. The highest BCUT2D eigenvalue weighted by molar-refractivity contribution is 5.72. The molecule has 0 bridgehead atoms. The molecule has 35 heavy (non-hydrogen) atoms. The summed E-state index contributed by atoms with van der Waals surface area (Å²) in [5.74, 6) is -0.0262. The fourth-order valence-electron chi connectivity index (χ4n) is 4.17. The van der Waals surface area contributed by atoms with Crippen molar-refractivity contribution in [3.05, 3.63) is 72.1 Å². The number of nitriles is 1. The van der Waals surface area contributed by atoms with Gasteiger partial charge in [0.25, 0.3) is 0 Å². The van der Waals surface area contributed by atoms with E-state index in [1.807, 2.05) is 41.4 Å². The molecule has 1 saturated heterocycles. The lowest BCUT2D eigenvalue weighted by Gasteiger charge is -2.17. The largest absolute Gasteiger partial charge is 0.481 e. The number of rotatable bonds is 6. The van der Waals surface area contributed by atoms with Gasteiger partial charge in [0.1, 0.15) is 17.3 Å². The maximum Gasteiger partial charge on any atom is 0.308 e. The average Bonchev–Trinajstić information content (AvgIpc) is 3.54. The summed E-state index contributed by atoms with van der Waals surface area (Å²) in [6, 6.07) is 18.6. The Bertz CT molecular complexity index is 1440. The van der Waals surface area contributed by atoms with Gasteiger partial charge >= 0.3 is 5.97 Å². The summed E-state index contributed by atoms with van der Waals surface area (Å²) >= 11 is 0. The van der Waals surface area contributed by atoms with Gasteiger partial charge in [-0.05, 0) is 42.8 Å². The van der Waals surface area contributed by atoms with Crippen LogP contribution in [-0.2, 0) is 11.3 Å². The highest BCUT2D eigenvalue weighted by Crippen LogP contribution is 2.27. The topological polar surface area (TPSA) is 147 Å². The third-order valence-corrected chi connectivity index (χ3v) is 5.94. The molecule has 1 fully saturated rings. The SMILES string of the molecule is N#Cc1cccc(-c2cc(-c3cn(Cc4cccc(N5CCC(C(=O)O)C5)n4)nn3)cc(N)n2)c1. The minimum absolute atomic E-state index is 0.342. The van der Waals surface area contributed by atoms with E-state index in [9.17, 15) is 15.2 Å². The number of hydrogen-bond donors (Lipinski definition) is 2. The number of anilines is 2. The van der Waals surface area contributed by atoms with E-state index in [4.69, 9.17) is 10.7 Å². The quantitative estimate of drug-likeness (QED) is 0.438. The Morgan fingerprint density at radius 1 is 1.11 bits per heavy atom. The van der Waals surface area contributed by atoms with Crippen LogP contribution < -0.4 is 10.6 Å². The molecule has 0 amide bonds. The van der Waals surface area contributed by atoms with Crippen molar-refractivity contribution in [2.24, 2.45) is 5.92 Å². The third kappa shape index (κ3) is 4.79. The summed E-state index contributed by atoms with van der Waals surface area (Å²) < 4.78 is 1.69. The van der Waals surface area contributed by atoms with Crippen LogP contribution in [0.3, 0.4) is 0 Å². The molecule has 0 spiro atoms. The lowest BCUT2D eigenvalue weighted by Crippen LogP contribution is -2.23. The van der Waals surface area contributed by atoms with E-state index in [0.717, 1.165) is 22.6 Å². The van der Waals surface area contributed by atoms with Crippen LogP contribution in [0.25, 0.3) is 22.5 Å². The second kappa shape index (κ2) is 9.23. The first-order valence-electron chi connectivity index (χ1n) is 11.1. The summed E-state index contributed by atoms with van der Waals surface area (Å²) in [4.78, 5) is 22.4. The molecule has 1 aliphatic heterocycles. The molecule has 5 rings (SSSR count). The van der Waals surface area contributed by atoms with Crippen LogP contribution in [0.4, 0.5) is 11.6 Å². The predicted molar refractivity (Wildman–Crippen MR) is 129 cm³/mol. The van der Waals surface area contributed by atoms with Crippen molar-refractivity contribution < 1.29 is 9.90 Å². The van der Waals surface area contributed by atoms with Crippen molar-refractivity contribution in [3.63, 3.8) is 0 Å². The van der Waals surface area contributed by atoms with Crippen LogP contribution >= 0.6 is 0 Å². The van der Waals surface area contributed by atoms with Crippen LogP contribution in [0.2, 0.25) is 0 Å². The van der Waals surface area contributed by atoms with Gasteiger partial charge in [-0.15, -0.1) is 5.10 Å². The van der Waals surface area contributed by atoms with Crippen LogP contribution in [-0.4, -0.2) is 49.1 Å². The summed E-state index contributed by atoms with van der Waals surface area (Å²) in [6.45, 7) is 1.54. The lowest BCUT2D eigenvalue weighted by molar-refractivity contribution is -0.140. The molecule has 3 aromatic heterocycles. The minimum Gasteiger partial charge on any atom is -0.481 e. The maximum absolute atomic E-state index is 11.3. The predicted octanol–water partition coefficient (Wildman–Crippen LogP) is 2.82. The highest BCUT2D eigenvalue weighted by atomic mass is 16.4. The first-order chi connectivity index (χ1) is 17.0. The van der Waals surface area contributed by atoms with E-state index >= 15 is 0 Å². The molecule has 174 valence electrons. The number of nitrogens with two attached hydrogens (primary N) is 1. The van der Waals surface area contributed by atoms with Gasteiger partial charge in [0.15, 0.2) is 0 Å². The molecule has 1 aromatic carbocycles. The second-order valence-corrected chi connectivity index (χ2v) is 8.42. The molecule has 10 nitrogen and oxygen atoms in total. The third-order valence-electron chi connectivity index (χ3n) is 5.94. The Hall–Kier alpha value is -4.78. The van der Waals surface area contributed by atoms with Gasteiger partial charge in [0.05, 0.1) is 41.7 Å². The normalized spacial score (nSPS) is 15.2. The zero-order valence-corrected chi connectivity index (χ0v) is 18.7. The van der Waals surface area contributed by atoms with E-state index in [1.54, 1.807) is 28.9 Å². The van der Waals surface area contributed by atoms with Crippen LogP contribution in [0.5, 0.6) is 0 Å². The lowest BCUT2D eigenvalue weighted by atomic mass is 10.1. The molecular formula is C25H22N8O2. The summed E-state index contributed by atoms with van der Waals surface area (Å²) in [5, 5.41) is 27.0. The second-order valence-electron chi connectivity index (χ2n) is 8.42. The first kappa shape index (κ1) is 22.0. The van der Waals surface area contributed by atoms with Crippen molar-refractivity contribution in [2.45, 2.75) is 13.0 Å². The van der Waals surface area contributed by atoms with Crippen molar-refractivity contribution in [1.82, 2.24) is 25.0 Å². The standard InChI is InChI=1S/C25H22N8O2/c26-12-16-3-1-4-17(9-16)21-10-19(11-23(27)29-21)22-15-33(31-30-22)14-20-5-2-6-24(28-20)32-8-7-18(13-32)25(34)35/h1-6,9-11,15,18H,7-8,13-14H2,(H2,27,29)(H,34,35). The van der Waals surface area contributed by atoms with Gasteiger partial charge in [-0.3, -0.25) is 4.79 Å². The number of aromatic nitrogens is 5. The molecule has 4 heterocycles. The van der Waals surface area contributed by atoms with E-state index in [1.165, 1.54) is 0 Å². The van der Waals surface area contributed by atoms with Gasteiger partial charge in [0, 0.05) is 24.2 Å². The number of carboxylic acid groups (broad SMARTS) is 1. The van der Waals surface area contributed by atoms with E-state index in [-0.39, 0.29) is 5.92 Å². The minimum atomic E-state index is -0.767. The van der Waals surface area contributed by atoms with Crippen molar-refractivity contribution in [3.8, 4) is 28.6 Å². The van der Waals surface area contributed by atoms with Crippen molar-refractivity contribution in [1.29, 1.82) is 5.26 Å². The molecule has 4 aromatic rings. The smallest absolute Gasteiger partial charge is 0.308 e. The zero-order chi connectivity index (χ0) is 24.4. The summed E-state index contributed by atoms with van der Waals surface area (Å²) in [7, 11) is 0. The Labute approximate surface area is 201 Å². The molecule has 10 heteroatoms. The van der Waals surface area contributed by atoms with Gasteiger partial charge in [0.2, 0.25) is 0 Å². The molecule has 0 saturated carbocycles. The molecule has 0 aliphatic carbocycles. The highest BCUT2D eigenvalue weighted by Gasteiger charge is 2.28. The molecule has 1 aliphatic rings. The number of hydrogen-bond acceptors (Lipinski definition) is 8. The van der Waals surface area contributed by atoms with Crippen LogP contribution in [0.15, 0.2) is 60.8 Å². The monoisotopic (exact) mass is 466 g/mol. The molecule has 0 radical (unpaired) electrons. The summed E-state index contributed by atoms with van der Waals surface area (Å²) in [6.07, 6.45) is 2.43. The van der Waals surface area contributed by atoms with E-state index in [2.05, 4.69) is 21.4 Å². The molecule has 3 N–H and O–H groups in total. The zero-order valence-electron chi connectivity index (χ0n) is 18.7. The fourth-order valence-corrected chi connectivity index (χ4v) is 4.17. The number of aliphatic carboxylic acids is 1. The van der Waals surface area contributed by atoms with Gasteiger partial charge in [-0.25, -0.2) is 14.6 Å². The van der Waals surface area contributed by atoms with Gasteiger partial charge in [-0.1, -0.05) is 23.4 Å². The van der Waals surface area contributed by atoms with Crippen LogP contribution in [0, 0.1) is 17.2 Å².